The summed E-state index contributed by atoms with van der Waals surface area (Å²) in [7, 11) is 3.35. The van der Waals surface area contributed by atoms with Gasteiger partial charge in [-0.25, -0.2) is 0 Å². The van der Waals surface area contributed by atoms with Gasteiger partial charge in [0.05, 0.1) is 26.4 Å². The van der Waals surface area contributed by atoms with E-state index >= 15 is 0 Å². The maximum atomic E-state index is 6.42. The maximum absolute atomic E-state index is 6.42. The van der Waals surface area contributed by atoms with Crippen molar-refractivity contribution in [2.24, 2.45) is 0 Å². The molecule has 5 rings (SSSR count). The quantitative estimate of drug-likeness (QED) is 0.507. The van der Waals surface area contributed by atoms with Crippen LogP contribution in [0.1, 0.15) is 38.2 Å². The first-order valence-electron chi connectivity index (χ1n) is 12.7. The van der Waals surface area contributed by atoms with Crippen LogP contribution >= 0.6 is 0 Å². The highest BCUT2D eigenvalue weighted by molar-refractivity contribution is 5.93. The number of H-pyrrole nitrogens is 1. The normalized spacial score (nSPS) is 17.9. The fraction of sp³-hybridized carbons (Fsp3) is 0.500. The molecule has 0 saturated carbocycles. The summed E-state index contributed by atoms with van der Waals surface area (Å²) in [4.78, 5) is 6.18. The van der Waals surface area contributed by atoms with Crippen LogP contribution in [-0.2, 0) is 11.2 Å². The molecule has 0 atom stereocenters. The lowest BCUT2D eigenvalue weighted by atomic mass is 10.0. The number of ether oxygens (including phenoxy) is 3. The van der Waals surface area contributed by atoms with E-state index in [1.165, 1.54) is 22.2 Å². The number of aryl methyl sites for hydroxylation is 1. The fourth-order valence-electron chi connectivity index (χ4n) is 5.49. The summed E-state index contributed by atoms with van der Waals surface area (Å²) in [6, 6.07) is 13.0. The molecule has 2 aromatic carbocycles. The largest absolute Gasteiger partial charge is 0.493 e. The Morgan fingerprint density at radius 3 is 2.32 bits per heavy atom. The lowest BCUT2D eigenvalue weighted by molar-refractivity contribution is -0.0363. The zero-order valence-corrected chi connectivity index (χ0v) is 20.7. The Hall–Kier alpha value is -2.70. The van der Waals surface area contributed by atoms with Crippen LogP contribution in [-0.4, -0.2) is 57.6 Å². The molecule has 0 amide bonds. The van der Waals surface area contributed by atoms with Crippen molar-refractivity contribution in [1.82, 2.24) is 10.3 Å². The smallest absolute Gasteiger partial charge is 0.161 e. The number of benzene rings is 2. The van der Waals surface area contributed by atoms with Gasteiger partial charge in [0.15, 0.2) is 11.5 Å². The van der Waals surface area contributed by atoms with Crippen molar-refractivity contribution in [3.05, 3.63) is 42.0 Å². The number of hydrogen-bond donors (Lipinski definition) is 2. The van der Waals surface area contributed by atoms with Crippen LogP contribution < -0.4 is 19.7 Å². The van der Waals surface area contributed by atoms with Gasteiger partial charge in [0, 0.05) is 40.9 Å². The molecule has 34 heavy (non-hydrogen) atoms. The molecule has 2 aliphatic rings. The van der Waals surface area contributed by atoms with E-state index in [9.17, 15) is 0 Å². The van der Waals surface area contributed by atoms with Crippen LogP contribution in [0.2, 0.25) is 0 Å². The summed E-state index contributed by atoms with van der Waals surface area (Å²) >= 11 is 0. The Morgan fingerprint density at radius 2 is 1.62 bits per heavy atom. The number of fused-ring (bicyclic) bond motifs is 1. The van der Waals surface area contributed by atoms with Crippen LogP contribution in [0, 0.1) is 0 Å². The van der Waals surface area contributed by atoms with Gasteiger partial charge in [0.25, 0.3) is 0 Å². The molecule has 2 N–H and O–H groups in total. The van der Waals surface area contributed by atoms with Gasteiger partial charge in [0.1, 0.15) is 0 Å². The molecule has 0 unspecified atom stereocenters. The molecule has 3 aromatic rings. The third-order valence-electron chi connectivity index (χ3n) is 7.39. The molecule has 1 aromatic heterocycles. The first kappa shape index (κ1) is 23.1. The average Bonchev–Trinajstić information content (AvgIpc) is 3.27. The van der Waals surface area contributed by atoms with Crippen molar-refractivity contribution in [3.8, 4) is 22.8 Å². The van der Waals surface area contributed by atoms with E-state index in [2.05, 4.69) is 52.5 Å². The summed E-state index contributed by atoms with van der Waals surface area (Å²) < 4.78 is 17.4. The molecule has 3 heterocycles. The van der Waals surface area contributed by atoms with E-state index in [0.29, 0.717) is 12.2 Å². The fourth-order valence-corrected chi connectivity index (χ4v) is 5.49. The van der Waals surface area contributed by atoms with Crippen molar-refractivity contribution < 1.29 is 14.2 Å². The number of methoxy groups -OCH3 is 2. The highest BCUT2D eigenvalue weighted by Gasteiger charge is 2.24. The van der Waals surface area contributed by atoms with Crippen LogP contribution in [0.25, 0.3) is 22.2 Å². The number of nitrogens with zero attached hydrogens (tertiary/aromatic N) is 1. The first-order chi connectivity index (χ1) is 16.7. The maximum Gasteiger partial charge on any atom is 0.161 e. The molecule has 0 radical (unpaired) electrons. The molecule has 0 aliphatic carbocycles. The van der Waals surface area contributed by atoms with Crippen molar-refractivity contribution in [2.45, 2.75) is 51.2 Å². The van der Waals surface area contributed by atoms with Gasteiger partial charge in [-0.15, -0.1) is 0 Å². The molecule has 6 nitrogen and oxygen atoms in total. The summed E-state index contributed by atoms with van der Waals surface area (Å²) in [6.07, 6.45) is 6.30. The number of piperidine rings is 2. The van der Waals surface area contributed by atoms with E-state index in [-0.39, 0.29) is 0 Å². The second-order valence-electron chi connectivity index (χ2n) is 9.40. The van der Waals surface area contributed by atoms with E-state index in [1.807, 2.05) is 6.07 Å². The lowest BCUT2D eigenvalue weighted by Gasteiger charge is -2.36. The summed E-state index contributed by atoms with van der Waals surface area (Å²) in [6.45, 7) is 6.50. The van der Waals surface area contributed by atoms with E-state index in [4.69, 9.17) is 14.2 Å². The van der Waals surface area contributed by atoms with Crippen LogP contribution in [0.4, 0.5) is 5.69 Å². The molecule has 2 fully saturated rings. The second kappa shape index (κ2) is 10.3. The van der Waals surface area contributed by atoms with Crippen molar-refractivity contribution in [2.75, 3.05) is 45.3 Å². The van der Waals surface area contributed by atoms with Crippen LogP contribution in [0.15, 0.2) is 36.4 Å². The topological polar surface area (TPSA) is 58.8 Å². The molecular formula is C28H37N3O3. The number of aromatic amines is 1. The SMILES string of the molecule is CCc1c(-c2ccc(OC)c(OC)c2)[nH]c2ccc(N3CCC(OC4CCNCC4)CC3)cc12. The minimum Gasteiger partial charge on any atom is -0.493 e. The number of aromatic nitrogens is 1. The summed E-state index contributed by atoms with van der Waals surface area (Å²) in [5.41, 5.74) is 6.09. The summed E-state index contributed by atoms with van der Waals surface area (Å²) in [5, 5.41) is 4.73. The summed E-state index contributed by atoms with van der Waals surface area (Å²) in [5.74, 6) is 1.49. The van der Waals surface area contributed by atoms with Crippen molar-refractivity contribution >= 4 is 16.6 Å². The van der Waals surface area contributed by atoms with Gasteiger partial charge < -0.3 is 29.4 Å². The Morgan fingerprint density at radius 1 is 0.882 bits per heavy atom. The van der Waals surface area contributed by atoms with Crippen LogP contribution in [0.3, 0.4) is 0 Å². The predicted molar refractivity (Wildman–Crippen MR) is 138 cm³/mol. The Kier molecular flexibility index (Phi) is 6.97. The lowest BCUT2D eigenvalue weighted by Crippen LogP contribution is -2.40. The molecular weight excluding hydrogens is 426 g/mol. The van der Waals surface area contributed by atoms with Crippen molar-refractivity contribution in [3.63, 3.8) is 0 Å². The number of rotatable bonds is 7. The first-order valence-corrected chi connectivity index (χ1v) is 12.7. The average molecular weight is 464 g/mol. The van der Waals surface area contributed by atoms with Gasteiger partial charge >= 0.3 is 0 Å². The molecule has 6 heteroatoms. The molecule has 0 spiro atoms. The number of nitrogens with one attached hydrogen (secondary N) is 2. The molecule has 2 saturated heterocycles. The molecule has 2 aliphatic heterocycles. The number of anilines is 1. The van der Waals surface area contributed by atoms with Gasteiger partial charge in [-0.05, 0) is 87.2 Å². The Balaban J connectivity index is 1.35. The predicted octanol–water partition coefficient (Wildman–Crippen LogP) is 5.15. The van der Waals surface area contributed by atoms with Crippen molar-refractivity contribution in [1.29, 1.82) is 0 Å². The van der Waals surface area contributed by atoms with E-state index < -0.39 is 0 Å². The second-order valence-corrected chi connectivity index (χ2v) is 9.40. The zero-order chi connectivity index (χ0) is 23.5. The molecule has 182 valence electrons. The van der Waals surface area contributed by atoms with Gasteiger partial charge in [-0.3, -0.25) is 0 Å². The van der Waals surface area contributed by atoms with Gasteiger partial charge in [0.2, 0.25) is 0 Å². The monoisotopic (exact) mass is 463 g/mol. The zero-order valence-electron chi connectivity index (χ0n) is 20.7. The highest BCUT2D eigenvalue weighted by atomic mass is 16.5. The highest BCUT2D eigenvalue weighted by Crippen LogP contribution is 2.37. The Labute approximate surface area is 202 Å². The minimum absolute atomic E-state index is 0.401. The van der Waals surface area contributed by atoms with E-state index in [1.54, 1.807) is 14.2 Å². The standard InChI is InChI=1S/C28H37N3O3/c1-4-23-24-18-20(31-15-11-22(12-16-31)34-21-9-13-29-14-10-21)6-7-25(24)30-28(23)19-5-8-26(32-2)27(17-19)33-3/h5-8,17-18,21-22,29-30H,4,9-16H2,1-3H3. The van der Waals surface area contributed by atoms with Gasteiger partial charge in [-0.1, -0.05) is 6.92 Å². The van der Waals surface area contributed by atoms with E-state index in [0.717, 1.165) is 81.0 Å². The molecule has 0 bridgehead atoms. The minimum atomic E-state index is 0.401. The van der Waals surface area contributed by atoms with Gasteiger partial charge in [-0.2, -0.15) is 0 Å². The number of hydrogen-bond acceptors (Lipinski definition) is 5. The third-order valence-corrected chi connectivity index (χ3v) is 7.39. The third kappa shape index (κ3) is 4.62. The Bertz CT molecular complexity index is 1110. The van der Waals surface area contributed by atoms with Crippen LogP contribution in [0.5, 0.6) is 11.5 Å².